The Kier molecular flexibility index (Phi) is 4.27. The molecule has 1 atom stereocenters. The maximum atomic E-state index is 5.83. The molecule has 102 valence electrons. The molecule has 4 nitrogen and oxygen atoms in total. The fraction of sp³-hybridized carbons (Fsp3) is 0.357. The second-order valence-corrected chi connectivity index (χ2v) is 5.40. The number of aromatic nitrogens is 2. The molecule has 0 aliphatic rings. The summed E-state index contributed by atoms with van der Waals surface area (Å²) in [6.45, 7) is 4.06. The van der Waals surface area contributed by atoms with E-state index in [4.69, 9.17) is 4.74 Å². The topological polar surface area (TPSA) is 39.1 Å². The SMILES string of the molecule is CNC(C)c1ccc(Oc2cc(C)nn2C)cc1Br. The standard InChI is InChI=1S/C14H18BrN3O/c1-9-7-14(18(4)17-9)19-11-5-6-12(10(2)16-3)13(15)8-11/h5-8,10,16H,1-4H3. The molecule has 19 heavy (non-hydrogen) atoms. The van der Waals surface area contributed by atoms with Crippen LogP contribution in [0.1, 0.15) is 24.2 Å². The third kappa shape index (κ3) is 3.16. The van der Waals surface area contributed by atoms with Gasteiger partial charge in [-0.1, -0.05) is 22.0 Å². The highest BCUT2D eigenvalue weighted by atomic mass is 79.9. The summed E-state index contributed by atoms with van der Waals surface area (Å²) in [4.78, 5) is 0. The number of nitrogens with one attached hydrogen (secondary N) is 1. The van der Waals surface area contributed by atoms with Gasteiger partial charge in [0.2, 0.25) is 5.88 Å². The highest BCUT2D eigenvalue weighted by Crippen LogP contribution is 2.30. The summed E-state index contributed by atoms with van der Waals surface area (Å²) in [5.41, 5.74) is 2.15. The van der Waals surface area contributed by atoms with E-state index in [1.807, 2.05) is 39.2 Å². The zero-order valence-corrected chi connectivity index (χ0v) is 13.2. The lowest BCUT2D eigenvalue weighted by Crippen LogP contribution is -2.12. The van der Waals surface area contributed by atoms with Gasteiger partial charge in [-0.05, 0) is 38.6 Å². The van der Waals surface area contributed by atoms with Crippen molar-refractivity contribution in [3.8, 4) is 11.6 Å². The van der Waals surface area contributed by atoms with Crippen molar-refractivity contribution >= 4 is 15.9 Å². The number of hydrogen-bond acceptors (Lipinski definition) is 3. The van der Waals surface area contributed by atoms with Gasteiger partial charge < -0.3 is 10.1 Å². The van der Waals surface area contributed by atoms with E-state index < -0.39 is 0 Å². The van der Waals surface area contributed by atoms with E-state index in [1.165, 1.54) is 5.56 Å². The van der Waals surface area contributed by atoms with Crippen LogP contribution in [0.5, 0.6) is 11.6 Å². The van der Waals surface area contributed by atoms with Crippen LogP contribution in [0.25, 0.3) is 0 Å². The lowest BCUT2D eigenvalue weighted by atomic mass is 10.1. The summed E-state index contributed by atoms with van der Waals surface area (Å²) >= 11 is 3.58. The highest BCUT2D eigenvalue weighted by molar-refractivity contribution is 9.10. The van der Waals surface area contributed by atoms with E-state index in [0.29, 0.717) is 6.04 Å². The third-order valence-electron chi connectivity index (χ3n) is 3.05. The molecule has 0 saturated heterocycles. The number of halogens is 1. The summed E-state index contributed by atoms with van der Waals surface area (Å²) in [5.74, 6) is 1.53. The van der Waals surface area contributed by atoms with Crippen molar-refractivity contribution in [1.29, 1.82) is 0 Å². The van der Waals surface area contributed by atoms with Gasteiger partial charge in [0.1, 0.15) is 5.75 Å². The monoisotopic (exact) mass is 323 g/mol. The van der Waals surface area contributed by atoms with Crippen LogP contribution in [0, 0.1) is 6.92 Å². The Bertz CT molecular complexity index is 580. The Labute approximate surface area is 121 Å². The van der Waals surface area contributed by atoms with Gasteiger partial charge in [0.15, 0.2) is 0 Å². The molecule has 1 unspecified atom stereocenters. The number of rotatable bonds is 4. The second kappa shape index (κ2) is 5.75. The molecule has 0 saturated carbocycles. The van der Waals surface area contributed by atoms with Crippen LogP contribution in [-0.2, 0) is 7.05 Å². The minimum atomic E-state index is 0.294. The first-order valence-corrected chi connectivity index (χ1v) is 6.95. The first-order chi connectivity index (χ1) is 9.01. The lowest BCUT2D eigenvalue weighted by Gasteiger charge is -2.14. The number of nitrogens with zero attached hydrogens (tertiary/aromatic N) is 2. The number of ether oxygens (including phenoxy) is 1. The molecule has 2 rings (SSSR count). The molecule has 0 spiro atoms. The summed E-state index contributed by atoms with van der Waals surface area (Å²) < 4.78 is 8.59. The Morgan fingerprint density at radius 1 is 1.37 bits per heavy atom. The largest absolute Gasteiger partial charge is 0.439 e. The van der Waals surface area contributed by atoms with Crippen molar-refractivity contribution in [1.82, 2.24) is 15.1 Å². The van der Waals surface area contributed by atoms with E-state index in [1.54, 1.807) is 4.68 Å². The minimum Gasteiger partial charge on any atom is -0.439 e. The minimum absolute atomic E-state index is 0.294. The Morgan fingerprint density at radius 3 is 2.63 bits per heavy atom. The van der Waals surface area contributed by atoms with E-state index >= 15 is 0 Å². The van der Waals surface area contributed by atoms with Gasteiger partial charge in [0.05, 0.1) is 5.69 Å². The molecule has 1 N–H and O–H groups in total. The predicted octanol–water partition coefficient (Wildman–Crippen LogP) is 3.56. The van der Waals surface area contributed by atoms with Crippen LogP contribution in [0.3, 0.4) is 0 Å². The molecule has 1 aromatic carbocycles. The van der Waals surface area contributed by atoms with Crippen LogP contribution in [-0.4, -0.2) is 16.8 Å². The van der Waals surface area contributed by atoms with E-state index in [9.17, 15) is 0 Å². The Balaban J connectivity index is 2.23. The molecule has 1 aromatic heterocycles. The maximum absolute atomic E-state index is 5.83. The second-order valence-electron chi connectivity index (χ2n) is 4.54. The summed E-state index contributed by atoms with van der Waals surface area (Å²) in [6, 6.07) is 8.21. The van der Waals surface area contributed by atoms with Crippen LogP contribution < -0.4 is 10.1 Å². The van der Waals surface area contributed by atoms with Crippen molar-refractivity contribution in [2.45, 2.75) is 19.9 Å². The van der Waals surface area contributed by atoms with Gasteiger partial charge in [0, 0.05) is 23.6 Å². The molecule has 0 aliphatic heterocycles. The lowest BCUT2D eigenvalue weighted by molar-refractivity contribution is 0.430. The van der Waals surface area contributed by atoms with Crippen molar-refractivity contribution in [3.05, 3.63) is 40.0 Å². The molecule has 2 aromatic rings. The Hall–Kier alpha value is -1.33. The number of hydrogen-bond donors (Lipinski definition) is 1. The Morgan fingerprint density at radius 2 is 2.11 bits per heavy atom. The molecule has 0 aliphatic carbocycles. The molecule has 0 radical (unpaired) electrons. The van der Waals surface area contributed by atoms with Gasteiger partial charge in [-0.2, -0.15) is 5.10 Å². The quantitative estimate of drug-likeness (QED) is 0.935. The first kappa shape index (κ1) is 14.1. The van der Waals surface area contributed by atoms with E-state index in [-0.39, 0.29) is 0 Å². The molecule has 0 fully saturated rings. The smallest absolute Gasteiger partial charge is 0.217 e. The van der Waals surface area contributed by atoms with Crippen LogP contribution in [0.2, 0.25) is 0 Å². The molecule has 0 bridgehead atoms. The van der Waals surface area contributed by atoms with Crippen LogP contribution in [0.4, 0.5) is 0 Å². The summed E-state index contributed by atoms with van der Waals surface area (Å²) in [7, 11) is 3.81. The molecule has 0 amide bonds. The summed E-state index contributed by atoms with van der Waals surface area (Å²) in [6.07, 6.45) is 0. The van der Waals surface area contributed by atoms with Gasteiger partial charge >= 0.3 is 0 Å². The van der Waals surface area contributed by atoms with Crippen molar-refractivity contribution in [2.75, 3.05) is 7.05 Å². The molecule has 5 heteroatoms. The third-order valence-corrected chi connectivity index (χ3v) is 3.74. The fourth-order valence-electron chi connectivity index (χ4n) is 1.88. The number of benzene rings is 1. The van der Waals surface area contributed by atoms with Gasteiger partial charge in [-0.15, -0.1) is 0 Å². The molecular formula is C14H18BrN3O. The zero-order valence-electron chi connectivity index (χ0n) is 11.6. The first-order valence-electron chi connectivity index (χ1n) is 6.16. The average molecular weight is 324 g/mol. The van der Waals surface area contributed by atoms with Crippen molar-refractivity contribution < 1.29 is 4.74 Å². The maximum Gasteiger partial charge on any atom is 0.217 e. The van der Waals surface area contributed by atoms with Crippen LogP contribution >= 0.6 is 15.9 Å². The van der Waals surface area contributed by atoms with Crippen molar-refractivity contribution in [3.63, 3.8) is 0 Å². The predicted molar refractivity (Wildman–Crippen MR) is 79.6 cm³/mol. The fourth-order valence-corrected chi connectivity index (χ4v) is 2.58. The molecule has 1 heterocycles. The van der Waals surface area contributed by atoms with E-state index in [0.717, 1.165) is 21.8 Å². The zero-order chi connectivity index (χ0) is 14.0. The number of aryl methyl sites for hydroxylation is 2. The van der Waals surface area contributed by atoms with Gasteiger partial charge in [-0.25, -0.2) is 4.68 Å². The highest BCUT2D eigenvalue weighted by Gasteiger charge is 2.10. The van der Waals surface area contributed by atoms with Crippen LogP contribution in [0.15, 0.2) is 28.7 Å². The van der Waals surface area contributed by atoms with Gasteiger partial charge in [0.25, 0.3) is 0 Å². The van der Waals surface area contributed by atoms with Gasteiger partial charge in [-0.3, -0.25) is 0 Å². The van der Waals surface area contributed by atoms with Crippen molar-refractivity contribution in [2.24, 2.45) is 7.05 Å². The summed E-state index contributed by atoms with van der Waals surface area (Å²) in [5, 5.41) is 7.48. The van der Waals surface area contributed by atoms with E-state index in [2.05, 4.69) is 39.3 Å². The molecular weight excluding hydrogens is 306 g/mol. The average Bonchev–Trinajstić information content (AvgIpc) is 2.67. The normalized spacial score (nSPS) is 12.5.